The summed E-state index contributed by atoms with van der Waals surface area (Å²) in [7, 11) is 0. The molecule has 23 heavy (non-hydrogen) atoms. The van der Waals surface area contributed by atoms with E-state index < -0.39 is 0 Å². The van der Waals surface area contributed by atoms with Crippen molar-refractivity contribution < 1.29 is 4.79 Å². The third kappa shape index (κ3) is 3.82. The molecular weight excluding hydrogens is 304 g/mol. The maximum atomic E-state index is 12.5. The third-order valence-electron chi connectivity index (χ3n) is 4.73. The summed E-state index contributed by atoms with van der Waals surface area (Å²) >= 11 is 1.72. The summed E-state index contributed by atoms with van der Waals surface area (Å²) in [5.74, 6) is 0.0209. The first-order chi connectivity index (χ1) is 11.1. The summed E-state index contributed by atoms with van der Waals surface area (Å²) in [5.41, 5.74) is 4.44. The molecule has 4 heteroatoms. The molecule has 0 radical (unpaired) electrons. The maximum absolute atomic E-state index is 12.5. The highest BCUT2D eigenvalue weighted by atomic mass is 32.1. The largest absolute Gasteiger partial charge is 0.350 e. The predicted molar refractivity (Wildman–Crippen MR) is 96.1 cm³/mol. The molecule has 0 aliphatic carbocycles. The molecule has 1 aliphatic heterocycles. The number of nitrogens with one attached hydrogen (secondary N) is 1. The highest BCUT2D eigenvalue weighted by molar-refractivity contribution is 7.07. The Bertz CT molecular complexity index is 660. The molecule has 1 aromatic carbocycles. The zero-order chi connectivity index (χ0) is 16.2. The minimum absolute atomic E-state index is 0.0209. The van der Waals surface area contributed by atoms with E-state index in [4.69, 9.17) is 0 Å². The van der Waals surface area contributed by atoms with E-state index in [1.807, 2.05) is 25.1 Å². The normalized spacial score (nSPS) is 16.4. The summed E-state index contributed by atoms with van der Waals surface area (Å²) in [4.78, 5) is 15.0. The van der Waals surface area contributed by atoms with Gasteiger partial charge >= 0.3 is 0 Å². The number of carbonyl (C=O) groups excluding carboxylic acids is 1. The monoisotopic (exact) mass is 328 g/mol. The van der Waals surface area contributed by atoms with E-state index in [9.17, 15) is 4.79 Å². The molecule has 1 aliphatic rings. The molecule has 0 spiro atoms. The minimum atomic E-state index is 0.0209. The zero-order valence-electron chi connectivity index (χ0n) is 13.8. The van der Waals surface area contributed by atoms with Crippen LogP contribution in [0.4, 0.5) is 0 Å². The van der Waals surface area contributed by atoms with Crippen molar-refractivity contribution in [3.63, 3.8) is 0 Å². The van der Waals surface area contributed by atoms with Gasteiger partial charge in [-0.15, -0.1) is 0 Å². The van der Waals surface area contributed by atoms with Crippen LogP contribution in [0.5, 0.6) is 0 Å². The first-order valence-corrected chi connectivity index (χ1v) is 9.21. The number of hydrogen-bond donors (Lipinski definition) is 1. The van der Waals surface area contributed by atoms with E-state index >= 15 is 0 Å². The fourth-order valence-corrected chi connectivity index (χ4v) is 3.86. The van der Waals surface area contributed by atoms with Crippen LogP contribution in [0.25, 0.3) is 0 Å². The zero-order valence-corrected chi connectivity index (χ0v) is 14.7. The lowest BCUT2D eigenvalue weighted by molar-refractivity contribution is 0.0938. The molecule has 1 aromatic heterocycles. The molecule has 0 unspecified atom stereocenters. The van der Waals surface area contributed by atoms with Gasteiger partial charge in [0.2, 0.25) is 0 Å². The molecule has 3 nitrogen and oxygen atoms in total. The fraction of sp³-hybridized carbons (Fsp3) is 0.421. The van der Waals surface area contributed by atoms with Crippen molar-refractivity contribution in [3.8, 4) is 0 Å². The van der Waals surface area contributed by atoms with Crippen LogP contribution < -0.4 is 5.32 Å². The van der Waals surface area contributed by atoms with Crippen LogP contribution in [0, 0.1) is 13.8 Å². The number of aryl methyl sites for hydroxylation is 2. The molecule has 3 rings (SSSR count). The van der Waals surface area contributed by atoms with E-state index in [2.05, 4.69) is 34.0 Å². The molecule has 1 amide bonds. The molecule has 2 aromatic rings. The second kappa shape index (κ2) is 7.28. The molecular formula is C19H24N2OS. The van der Waals surface area contributed by atoms with Crippen molar-refractivity contribution in [1.29, 1.82) is 0 Å². The van der Waals surface area contributed by atoms with Gasteiger partial charge in [0.05, 0.1) is 6.04 Å². The number of rotatable bonds is 5. The molecule has 1 atom stereocenters. The van der Waals surface area contributed by atoms with Gasteiger partial charge in [-0.25, -0.2) is 0 Å². The Balaban J connectivity index is 1.68. The quantitative estimate of drug-likeness (QED) is 0.902. The van der Waals surface area contributed by atoms with E-state index in [-0.39, 0.29) is 5.91 Å². The average molecular weight is 328 g/mol. The Kier molecular flexibility index (Phi) is 5.13. The van der Waals surface area contributed by atoms with Crippen molar-refractivity contribution in [2.24, 2.45) is 0 Å². The summed E-state index contributed by atoms with van der Waals surface area (Å²) in [6.45, 7) is 7.03. The van der Waals surface area contributed by atoms with Gasteiger partial charge in [-0.2, -0.15) is 11.3 Å². The molecule has 1 fully saturated rings. The Morgan fingerprint density at radius 2 is 2.00 bits per heavy atom. The predicted octanol–water partition coefficient (Wildman–Crippen LogP) is 3.93. The van der Waals surface area contributed by atoms with E-state index in [1.54, 1.807) is 11.3 Å². The van der Waals surface area contributed by atoms with Gasteiger partial charge in [0, 0.05) is 12.1 Å². The van der Waals surface area contributed by atoms with Crippen LogP contribution in [-0.2, 0) is 0 Å². The van der Waals surface area contributed by atoms with Crippen molar-refractivity contribution in [3.05, 3.63) is 57.3 Å². The number of benzene rings is 1. The van der Waals surface area contributed by atoms with Gasteiger partial charge in [-0.05, 0) is 85.4 Å². The molecule has 0 saturated carbocycles. The Labute approximate surface area is 142 Å². The molecule has 1 saturated heterocycles. The maximum Gasteiger partial charge on any atom is 0.251 e. The lowest BCUT2D eigenvalue weighted by Gasteiger charge is -2.27. The van der Waals surface area contributed by atoms with Crippen LogP contribution in [0.2, 0.25) is 0 Å². The number of thiophene rings is 1. The van der Waals surface area contributed by atoms with Crippen molar-refractivity contribution in [2.75, 3.05) is 19.6 Å². The van der Waals surface area contributed by atoms with Gasteiger partial charge in [-0.3, -0.25) is 9.69 Å². The van der Waals surface area contributed by atoms with Gasteiger partial charge in [-0.1, -0.05) is 6.07 Å². The number of nitrogens with zero attached hydrogens (tertiary/aromatic N) is 1. The summed E-state index contributed by atoms with van der Waals surface area (Å²) in [6, 6.07) is 8.36. The lowest BCUT2D eigenvalue weighted by Crippen LogP contribution is -2.36. The fourth-order valence-electron chi connectivity index (χ4n) is 3.15. The first kappa shape index (κ1) is 16.2. The second-order valence-electron chi connectivity index (χ2n) is 6.32. The van der Waals surface area contributed by atoms with Crippen molar-refractivity contribution >= 4 is 17.2 Å². The number of amides is 1. The summed E-state index contributed by atoms with van der Waals surface area (Å²) in [5, 5.41) is 7.45. The molecule has 1 N–H and O–H groups in total. The lowest BCUT2D eigenvalue weighted by atomic mass is 10.1. The smallest absolute Gasteiger partial charge is 0.251 e. The van der Waals surface area contributed by atoms with Crippen molar-refractivity contribution in [1.82, 2.24) is 10.2 Å². The molecule has 2 heterocycles. The summed E-state index contributed by atoms with van der Waals surface area (Å²) in [6.07, 6.45) is 2.51. The minimum Gasteiger partial charge on any atom is -0.350 e. The van der Waals surface area contributed by atoms with Gasteiger partial charge in [0.15, 0.2) is 0 Å². The Morgan fingerprint density at radius 1 is 1.22 bits per heavy atom. The van der Waals surface area contributed by atoms with Gasteiger partial charge < -0.3 is 5.32 Å². The van der Waals surface area contributed by atoms with Gasteiger partial charge in [0.1, 0.15) is 0 Å². The highest BCUT2D eigenvalue weighted by Gasteiger charge is 2.24. The standard InChI is InChI=1S/C19H24N2OS/c1-14-5-6-16(11-15(14)2)19(22)20-12-18(17-7-10-23-13-17)21-8-3-4-9-21/h5-7,10-11,13,18H,3-4,8-9,12H2,1-2H3,(H,20,22)/t18-/m1/s1. The van der Waals surface area contributed by atoms with Crippen molar-refractivity contribution in [2.45, 2.75) is 32.7 Å². The number of hydrogen-bond acceptors (Lipinski definition) is 3. The Hall–Kier alpha value is -1.65. The molecule has 122 valence electrons. The van der Waals surface area contributed by atoms with Crippen LogP contribution in [0.3, 0.4) is 0 Å². The average Bonchev–Trinajstić information content (AvgIpc) is 3.24. The Morgan fingerprint density at radius 3 is 2.65 bits per heavy atom. The molecule has 0 bridgehead atoms. The SMILES string of the molecule is Cc1ccc(C(=O)NC[C@H](c2ccsc2)N2CCCC2)cc1C. The summed E-state index contributed by atoms with van der Waals surface area (Å²) < 4.78 is 0. The second-order valence-corrected chi connectivity index (χ2v) is 7.10. The van der Waals surface area contributed by atoms with Crippen LogP contribution in [0.1, 0.15) is 45.9 Å². The highest BCUT2D eigenvalue weighted by Crippen LogP contribution is 2.26. The van der Waals surface area contributed by atoms with E-state index in [0.717, 1.165) is 24.2 Å². The third-order valence-corrected chi connectivity index (χ3v) is 5.44. The number of carbonyl (C=O) groups is 1. The van der Waals surface area contributed by atoms with Crippen LogP contribution in [0.15, 0.2) is 35.0 Å². The van der Waals surface area contributed by atoms with Gasteiger partial charge in [0.25, 0.3) is 5.91 Å². The van der Waals surface area contributed by atoms with E-state index in [0.29, 0.717) is 12.6 Å². The topological polar surface area (TPSA) is 32.3 Å². The first-order valence-electron chi connectivity index (χ1n) is 8.27. The number of likely N-dealkylation sites (tertiary alicyclic amines) is 1. The van der Waals surface area contributed by atoms with Crippen LogP contribution in [-0.4, -0.2) is 30.4 Å². The van der Waals surface area contributed by atoms with Crippen LogP contribution >= 0.6 is 11.3 Å². The van der Waals surface area contributed by atoms with E-state index in [1.165, 1.54) is 24.0 Å².